The van der Waals surface area contributed by atoms with Crippen LogP contribution >= 0.6 is 0 Å². The van der Waals surface area contributed by atoms with E-state index in [2.05, 4.69) is 10.4 Å². The molecule has 0 bridgehead atoms. The zero-order valence-electron chi connectivity index (χ0n) is 16.5. The molecule has 1 amide bonds. The van der Waals surface area contributed by atoms with E-state index < -0.39 is 18.0 Å². The average molecular weight is 395 g/mol. The molecule has 0 saturated carbocycles. The van der Waals surface area contributed by atoms with Gasteiger partial charge in [-0.2, -0.15) is 5.10 Å². The number of hydrogen-bond donors (Lipinski definition) is 1. The van der Waals surface area contributed by atoms with E-state index in [0.717, 1.165) is 11.3 Å². The number of hydrogen-bond acceptors (Lipinski definition) is 4. The summed E-state index contributed by atoms with van der Waals surface area (Å²) in [5.74, 6) is -1.38. The lowest BCUT2D eigenvalue weighted by Crippen LogP contribution is -2.35. The zero-order valence-corrected chi connectivity index (χ0v) is 16.5. The summed E-state index contributed by atoms with van der Waals surface area (Å²) >= 11 is 0. The van der Waals surface area contributed by atoms with Crippen LogP contribution in [0, 0.1) is 19.7 Å². The number of nitrogens with one attached hydrogen (secondary N) is 1. The Balaban J connectivity index is 1.65. The maximum Gasteiger partial charge on any atom is 0.342 e. The second kappa shape index (κ2) is 8.68. The van der Waals surface area contributed by atoms with E-state index in [1.165, 1.54) is 19.1 Å². The van der Waals surface area contributed by atoms with Crippen LogP contribution in [0.1, 0.15) is 34.2 Å². The van der Waals surface area contributed by atoms with E-state index in [-0.39, 0.29) is 12.4 Å². The van der Waals surface area contributed by atoms with Crippen molar-refractivity contribution in [3.63, 3.8) is 0 Å². The third-order valence-electron chi connectivity index (χ3n) is 4.53. The highest BCUT2D eigenvalue weighted by Crippen LogP contribution is 2.19. The molecule has 6 nitrogen and oxygen atoms in total. The van der Waals surface area contributed by atoms with Crippen molar-refractivity contribution in [3.05, 3.63) is 82.9 Å². The molecule has 0 fully saturated rings. The third-order valence-corrected chi connectivity index (χ3v) is 4.53. The van der Waals surface area contributed by atoms with Gasteiger partial charge in [0.25, 0.3) is 5.91 Å². The van der Waals surface area contributed by atoms with Crippen molar-refractivity contribution < 1.29 is 18.7 Å². The number of benzene rings is 2. The van der Waals surface area contributed by atoms with Crippen LogP contribution in [0.25, 0.3) is 5.69 Å². The molecule has 1 N–H and O–H groups in total. The summed E-state index contributed by atoms with van der Waals surface area (Å²) in [6, 6.07) is 15.3. The van der Waals surface area contributed by atoms with E-state index in [1.54, 1.807) is 30.7 Å². The number of esters is 1. The first-order chi connectivity index (χ1) is 13.9. The Hall–Kier alpha value is -3.48. The van der Waals surface area contributed by atoms with E-state index in [9.17, 15) is 14.0 Å². The fourth-order valence-electron chi connectivity index (χ4n) is 2.97. The molecular weight excluding hydrogens is 373 g/mol. The molecule has 7 heteroatoms. The predicted octanol–water partition coefficient (Wildman–Crippen LogP) is 3.49. The summed E-state index contributed by atoms with van der Waals surface area (Å²) in [5.41, 5.74) is 3.08. The van der Waals surface area contributed by atoms with Gasteiger partial charge >= 0.3 is 5.97 Å². The predicted molar refractivity (Wildman–Crippen MR) is 106 cm³/mol. The number of carbonyl (C=O) groups is 2. The summed E-state index contributed by atoms with van der Waals surface area (Å²) in [5, 5.41) is 7.10. The Bertz CT molecular complexity index is 1010. The molecule has 0 aliphatic rings. The van der Waals surface area contributed by atoms with Gasteiger partial charge in [0.15, 0.2) is 6.10 Å². The molecule has 29 heavy (non-hydrogen) atoms. The van der Waals surface area contributed by atoms with Crippen molar-refractivity contribution in [3.8, 4) is 5.69 Å². The molecule has 1 aromatic heterocycles. The molecular formula is C22H22FN3O3. The lowest BCUT2D eigenvalue weighted by Gasteiger charge is -2.14. The van der Waals surface area contributed by atoms with Gasteiger partial charge in [0, 0.05) is 6.54 Å². The molecule has 0 aliphatic carbocycles. The Morgan fingerprint density at radius 2 is 1.76 bits per heavy atom. The molecule has 0 saturated heterocycles. The minimum absolute atomic E-state index is 0.213. The Morgan fingerprint density at radius 3 is 2.41 bits per heavy atom. The molecule has 3 aromatic rings. The minimum atomic E-state index is -0.984. The Labute approximate surface area is 168 Å². The van der Waals surface area contributed by atoms with Crippen LogP contribution < -0.4 is 5.32 Å². The van der Waals surface area contributed by atoms with E-state index in [1.807, 2.05) is 30.3 Å². The quantitative estimate of drug-likeness (QED) is 0.649. The van der Waals surface area contributed by atoms with E-state index in [0.29, 0.717) is 17.0 Å². The number of aryl methyl sites for hydroxylation is 1. The van der Waals surface area contributed by atoms with Gasteiger partial charge in [-0.25, -0.2) is 13.9 Å². The lowest BCUT2D eigenvalue weighted by molar-refractivity contribution is -0.129. The van der Waals surface area contributed by atoms with Crippen molar-refractivity contribution in [2.45, 2.75) is 33.4 Å². The summed E-state index contributed by atoms with van der Waals surface area (Å²) < 4.78 is 20.0. The van der Waals surface area contributed by atoms with E-state index in [4.69, 9.17) is 4.74 Å². The first kappa shape index (κ1) is 20.3. The van der Waals surface area contributed by atoms with E-state index >= 15 is 0 Å². The topological polar surface area (TPSA) is 73.2 Å². The largest absolute Gasteiger partial charge is 0.449 e. The SMILES string of the molecule is Cc1nn(-c2ccccc2)c(C)c1C(=O)OC(C)C(=O)NCc1ccc(F)cc1. The number of amides is 1. The fraction of sp³-hybridized carbons (Fsp3) is 0.227. The van der Waals surface area contributed by atoms with Gasteiger partial charge in [-0.05, 0) is 50.6 Å². The van der Waals surface area contributed by atoms with Crippen molar-refractivity contribution >= 4 is 11.9 Å². The molecule has 150 valence electrons. The van der Waals surface area contributed by atoms with Crippen LogP contribution in [0.4, 0.5) is 4.39 Å². The summed E-state index contributed by atoms with van der Waals surface area (Å²) in [7, 11) is 0. The molecule has 1 unspecified atom stereocenters. The number of aromatic nitrogens is 2. The molecule has 0 spiro atoms. The van der Waals surface area contributed by atoms with Crippen LogP contribution in [-0.4, -0.2) is 27.8 Å². The molecule has 2 aromatic carbocycles. The maximum absolute atomic E-state index is 12.9. The average Bonchev–Trinajstić information content (AvgIpc) is 3.02. The van der Waals surface area contributed by atoms with Gasteiger partial charge in [0.05, 0.1) is 17.1 Å². The smallest absolute Gasteiger partial charge is 0.342 e. The molecule has 3 rings (SSSR count). The third kappa shape index (κ3) is 4.68. The second-order valence-electron chi connectivity index (χ2n) is 6.68. The highest BCUT2D eigenvalue weighted by Gasteiger charge is 2.25. The van der Waals surface area contributed by atoms with Crippen LogP contribution in [0.2, 0.25) is 0 Å². The number of ether oxygens (including phenoxy) is 1. The molecule has 1 heterocycles. The number of para-hydroxylation sites is 1. The summed E-state index contributed by atoms with van der Waals surface area (Å²) in [4.78, 5) is 24.9. The van der Waals surface area contributed by atoms with Crippen LogP contribution in [-0.2, 0) is 16.1 Å². The van der Waals surface area contributed by atoms with Crippen LogP contribution in [0.15, 0.2) is 54.6 Å². The Kier molecular flexibility index (Phi) is 6.07. The molecule has 1 atom stereocenters. The summed E-state index contributed by atoms with van der Waals surface area (Å²) in [6.07, 6.45) is -0.984. The van der Waals surface area contributed by atoms with Crippen molar-refractivity contribution in [1.82, 2.24) is 15.1 Å². The van der Waals surface area contributed by atoms with Crippen molar-refractivity contribution in [2.75, 3.05) is 0 Å². The highest BCUT2D eigenvalue weighted by atomic mass is 19.1. The first-order valence-electron chi connectivity index (χ1n) is 9.21. The fourth-order valence-corrected chi connectivity index (χ4v) is 2.97. The maximum atomic E-state index is 12.9. The minimum Gasteiger partial charge on any atom is -0.449 e. The van der Waals surface area contributed by atoms with Crippen LogP contribution in [0.5, 0.6) is 0 Å². The number of carbonyl (C=O) groups excluding carboxylic acids is 2. The first-order valence-corrected chi connectivity index (χ1v) is 9.21. The normalized spacial score (nSPS) is 11.7. The number of rotatable bonds is 6. The zero-order chi connectivity index (χ0) is 21.0. The van der Waals surface area contributed by atoms with Crippen molar-refractivity contribution in [2.24, 2.45) is 0 Å². The highest BCUT2D eigenvalue weighted by molar-refractivity contribution is 5.94. The number of nitrogens with zero attached hydrogens (tertiary/aromatic N) is 2. The van der Waals surface area contributed by atoms with Gasteiger partial charge < -0.3 is 10.1 Å². The van der Waals surface area contributed by atoms with Gasteiger partial charge in [-0.3, -0.25) is 4.79 Å². The number of halogens is 1. The molecule has 0 aliphatic heterocycles. The molecule has 0 radical (unpaired) electrons. The van der Waals surface area contributed by atoms with Gasteiger partial charge in [-0.15, -0.1) is 0 Å². The van der Waals surface area contributed by atoms with Gasteiger partial charge in [0.2, 0.25) is 0 Å². The van der Waals surface area contributed by atoms with Crippen molar-refractivity contribution in [1.29, 1.82) is 0 Å². The van der Waals surface area contributed by atoms with Gasteiger partial charge in [0.1, 0.15) is 11.4 Å². The second-order valence-corrected chi connectivity index (χ2v) is 6.68. The standard InChI is InChI=1S/C22H22FN3O3/c1-14-20(15(2)26(25-14)19-7-5-4-6-8-19)22(28)29-16(3)21(27)24-13-17-9-11-18(23)12-10-17/h4-12,16H,13H2,1-3H3,(H,24,27). The lowest BCUT2D eigenvalue weighted by atomic mass is 10.2. The monoisotopic (exact) mass is 395 g/mol. The van der Waals surface area contributed by atoms with Crippen LogP contribution in [0.3, 0.4) is 0 Å². The summed E-state index contributed by atoms with van der Waals surface area (Å²) in [6.45, 7) is 5.22. The Morgan fingerprint density at radius 1 is 1.10 bits per heavy atom. The van der Waals surface area contributed by atoms with Gasteiger partial charge in [-0.1, -0.05) is 30.3 Å².